The van der Waals surface area contributed by atoms with Gasteiger partial charge < -0.3 is 15.0 Å². The van der Waals surface area contributed by atoms with E-state index >= 15 is 0 Å². The molecule has 3 aromatic rings. The lowest BCUT2D eigenvalue weighted by molar-refractivity contribution is -0.274. The highest BCUT2D eigenvalue weighted by molar-refractivity contribution is 5.85. The Morgan fingerprint density at radius 2 is 1.75 bits per heavy atom. The van der Waals surface area contributed by atoms with Crippen LogP contribution < -0.4 is 10.1 Å². The molecule has 1 aliphatic heterocycles. The van der Waals surface area contributed by atoms with Gasteiger partial charge in [0, 0.05) is 23.1 Å². The van der Waals surface area contributed by atoms with Crippen molar-refractivity contribution in [2.24, 2.45) is 0 Å². The Morgan fingerprint density at radius 3 is 2.50 bits per heavy atom. The molecule has 1 unspecified atom stereocenters. The van der Waals surface area contributed by atoms with Crippen LogP contribution in [0.15, 0.2) is 48.5 Å². The van der Waals surface area contributed by atoms with E-state index in [1.165, 1.54) is 23.1 Å². The van der Waals surface area contributed by atoms with Crippen LogP contribution in [-0.4, -0.2) is 17.9 Å². The van der Waals surface area contributed by atoms with Crippen molar-refractivity contribution in [1.82, 2.24) is 10.3 Å². The predicted octanol–water partition coefficient (Wildman–Crippen LogP) is 4.30. The second-order valence-corrected chi connectivity index (χ2v) is 5.82. The van der Waals surface area contributed by atoms with E-state index in [2.05, 4.69) is 21.1 Å². The highest BCUT2D eigenvalue weighted by Gasteiger charge is 2.31. The molecule has 2 aromatic carbocycles. The third-order valence-corrected chi connectivity index (χ3v) is 4.31. The minimum atomic E-state index is -4.67. The average Bonchev–Trinajstić information content (AvgIpc) is 2.93. The van der Waals surface area contributed by atoms with Crippen LogP contribution in [0.2, 0.25) is 0 Å². The molecule has 0 saturated carbocycles. The fourth-order valence-electron chi connectivity index (χ4n) is 3.33. The topological polar surface area (TPSA) is 37.0 Å². The summed E-state index contributed by atoms with van der Waals surface area (Å²) in [6.45, 7) is 0.820. The maximum Gasteiger partial charge on any atom is 0.573 e. The summed E-state index contributed by atoms with van der Waals surface area (Å²) in [6.07, 6.45) is -3.75. The summed E-state index contributed by atoms with van der Waals surface area (Å²) in [5.41, 5.74) is 4.32. The summed E-state index contributed by atoms with van der Waals surface area (Å²) in [5.74, 6) is -0.209. The number of nitrogens with one attached hydrogen (secondary N) is 2. The molecule has 124 valence electrons. The van der Waals surface area contributed by atoms with E-state index in [4.69, 9.17) is 0 Å². The van der Waals surface area contributed by atoms with Gasteiger partial charge >= 0.3 is 6.36 Å². The number of fused-ring (bicyclic) bond motifs is 3. The smallest absolute Gasteiger partial charge is 0.406 e. The van der Waals surface area contributed by atoms with Crippen LogP contribution in [0.3, 0.4) is 0 Å². The second kappa shape index (κ2) is 5.56. The Kier molecular flexibility index (Phi) is 3.49. The molecule has 4 rings (SSSR count). The Labute approximate surface area is 136 Å². The zero-order valence-electron chi connectivity index (χ0n) is 12.7. The number of halogens is 3. The third kappa shape index (κ3) is 2.73. The van der Waals surface area contributed by atoms with Crippen LogP contribution in [0.4, 0.5) is 13.2 Å². The largest absolute Gasteiger partial charge is 0.573 e. The van der Waals surface area contributed by atoms with Crippen LogP contribution in [0.1, 0.15) is 22.9 Å². The Morgan fingerprint density at radius 1 is 1.00 bits per heavy atom. The molecule has 1 aromatic heterocycles. The molecule has 3 nitrogen and oxygen atoms in total. The molecule has 0 aliphatic carbocycles. The second-order valence-electron chi connectivity index (χ2n) is 5.82. The molecule has 0 radical (unpaired) electrons. The van der Waals surface area contributed by atoms with Crippen molar-refractivity contribution in [3.63, 3.8) is 0 Å². The van der Waals surface area contributed by atoms with Crippen LogP contribution in [0.25, 0.3) is 10.9 Å². The molecule has 0 fully saturated rings. The maximum atomic E-state index is 12.3. The van der Waals surface area contributed by atoms with Gasteiger partial charge in [0.25, 0.3) is 0 Å². The first-order valence-electron chi connectivity index (χ1n) is 7.70. The summed E-state index contributed by atoms with van der Waals surface area (Å²) in [5, 5.41) is 4.63. The third-order valence-electron chi connectivity index (χ3n) is 4.31. The molecule has 6 heteroatoms. The van der Waals surface area contributed by atoms with Gasteiger partial charge in [-0.3, -0.25) is 0 Å². The van der Waals surface area contributed by atoms with E-state index in [0.717, 1.165) is 29.7 Å². The molecular weight excluding hydrogens is 317 g/mol. The van der Waals surface area contributed by atoms with Crippen molar-refractivity contribution in [2.75, 3.05) is 6.54 Å². The van der Waals surface area contributed by atoms with E-state index in [0.29, 0.717) is 0 Å². The molecular formula is C18H15F3N2O. The van der Waals surface area contributed by atoms with E-state index in [-0.39, 0.29) is 11.8 Å². The molecule has 1 aliphatic rings. The standard InChI is InChI=1S/C18H15F3N2O/c19-18(20,21)24-12-7-5-11(6-8-12)16-17-14(9-10-22-16)13-3-1-2-4-15(13)23-17/h1-8,16,22-23H,9-10H2. The molecule has 0 bridgehead atoms. The fraction of sp³-hybridized carbons (Fsp3) is 0.222. The van der Waals surface area contributed by atoms with Gasteiger partial charge in [-0.25, -0.2) is 0 Å². The number of alkyl halides is 3. The van der Waals surface area contributed by atoms with Gasteiger partial charge in [0.15, 0.2) is 0 Å². The SMILES string of the molecule is FC(F)(F)Oc1ccc(C2NCCc3c2[nH]c2ccccc32)cc1. The van der Waals surface area contributed by atoms with Crippen molar-refractivity contribution in [3.05, 3.63) is 65.4 Å². The molecule has 0 spiro atoms. The minimum Gasteiger partial charge on any atom is -0.406 e. The van der Waals surface area contributed by atoms with E-state index < -0.39 is 6.36 Å². The lowest BCUT2D eigenvalue weighted by Crippen LogP contribution is -2.30. The van der Waals surface area contributed by atoms with Gasteiger partial charge in [0.1, 0.15) is 5.75 Å². The first-order valence-corrected chi connectivity index (χ1v) is 7.70. The van der Waals surface area contributed by atoms with Gasteiger partial charge in [-0.05, 0) is 35.7 Å². The van der Waals surface area contributed by atoms with Crippen molar-refractivity contribution in [1.29, 1.82) is 0 Å². The molecule has 24 heavy (non-hydrogen) atoms. The summed E-state index contributed by atoms with van der Waals surface area (Å²) < 4.78 is 40.8. The number of benzene rings is 2. The molecule has 2 N–H and O–H groups in total. The van der Waals surface area contributed by atoms with Gasteiger partial charge in [-0.2, -0.15) is 0 Å². The first-order chi connectivity index (χ1) is 11.5. The Balaban J connectivity index is 1.69. The summed E-state index contributed by atoms with van der Waals surface area (Å²) >= 11 is 0. The molecule has 2 heterocycles. The summed E-state index contributed by atoms with van der Waals surface area (Å²) in [4.78, 5) is 3.44. The number of rotatable bonds is 2. The van der Waals surface area contributed by atoms with Crippen LogP contribution in [-0.2, 0) is 6.42 Å². The monoisotopic (exact) mass is 332 g/mol. The van der Waals surface area contributed by atoms with E-state index in [1.807, 2.05) is 18.2 Å². The summed E-state index contributed by atoms with van der Waals surface area (Å²) in [6, 6.07) is 14.1. The number of H-pyrrole nitrogens is 1. The molecule has 0 amide bonds. The normalized spacial score (nSPS) is 17.7. The number of para-hydroxylation sites is 1. The number of aromatic amines is 1. The number of aromatic nitrogens is 1. The minimum absolute atomic E-state index is 0.0684. The van der Waals surface area contributed by atoms with Gasteiger partial charge in [-0.15, -0.1) is 13.2 Å². The van der Waals surface area contributed by atoms with Crippen LogP contribution in [0.5, 0.6) is 5.75 Å². The van der Waals surface area contributed by atoms with E-state index in [9.17, 15) is 13.2 Å². The van der Waals surface area contributed by atoms with Gasteiger partial charge in [-0.1, -0.05) is 30.3 Å². The average molecular weight is 332 g/mol. The molecule has 1 atom stereocenters. The zero-order chi connectivity index (χ0) is 16.7. The van der Waals surface area contributed by atoms with Crippen molar-refractivity contribution in [2.45, 2.75) is 18.8 Å². The predicted molar refractivity (Wildman–Crippen MR) is 85.0 cm³/mol. The molecule has 0 saturated heterocycles. The van der Waals surface area contributed by atoms with Crippen molar-refractivity contribution in [3.8, 4) is 5.75 Å². The number of ether oxygens (including phenoxy) is 1. The highest BCUT2D eigenvalue weighted by atomic mass is 19.4. The lowest BCUT2D eigenvalue weighted by atomic mass is 9.94. The number of hydrogen-bond donors (Lipinski definition) is 2. The lowest BCUT2D eigenvalue weighted by Gasteiger charge is -2.25. The van der Waals surface area contributed by atoms with Gasteiger partial charge in [0.05, 0.1) is 6.04 Å². The van der Waals surface area contributed by atoms with E-state index in [1.54, 1.807) is 12.1 Å². The van der Waals surface area contributed by atoms with Crippen LogP contribution >= 0.6 is 0 Å². The van der Waals surface area contributed by atoms with Crippen molar-refractivity contribution < 1.29 is 17.9 Å². The number of hydrogen-bond acceptors (Lipinski definition) is 2. The van der Waals surface area contributed by atoms with Crippen molar-refractivity contribution >= 4 is 10.9 Å². The first kappa shape index (κ1) is 15.1. The highest BCUT2D eigenvalue weighted by Crippen LogP contribution is 2.34. The Bertz CT molecular complexity index is 868. The van der Waals surface area contributed by atoms with Crippen LogP contribution in [0, 0.1) is 0 Å². The summed E-state index contributed by atoms with van der Waals surface area (Å²) in [7, 11) is 0. The quantitative estimate of drug-likeness (QED) is 0.734. The maximum absolute atomic E-state index is 12.3. The zero-order valence-corrected chi connectivity index (χ0v) is 12.7. The Hall–Kier alpha value is -2.47. The fourth-order valence-corrected chi connectivity index (χ4v) is 3.33. The van der Waals surface area contributed by atoms with Gasteiger partial charge in [0.2, 0.25) is 0 Å².